The standard InChI is InChI=1S/C30H30N2O4/c1-36-30-14-12-26(18-27(30)22-5-3-2-4-6-22)32-25-10-7-21(8-11-25)15-16-31-19-29(35)23-9-13-28(34)24(17-23)20-33/h2-14,17-18,20,29,31-32,34-35H,15-16,19H2,1H3/t29-/m0/s1. The molecule has 4 aromatic carbocycles. The van der Waals surface area contributed by atoms with E-state index in [2.05, 4.69) is 41.0 Å². The molecule has 0 bridgehead atoms. The molecule has 0 fully saturated rings. The number of phenols is 1. The summed E-state index contributed by atoms with van der Waals surface area (Å²) in [6, 6.07) is 29.0. The number of aromatic hydroxyl groups is 1. The maximum Gasteiger partial charge on any atom is 0.153 e. The molecule has 184 valence electrons. The van der Waals surface area contributed by atoms with Gasteiger partial charge < -0.3 is 25.6 Å². The number of anilines is 2. The zero-order valence-electron chi connectivity index (χ0n) is 20.1. The molecular formula is C30H30N2O4. The minimum absolute atomic E-state index is 0.0875. The van der Waals surface area contributed by atoms with Crippen LogP contribution in [-0.2, 0) is 6.42 Å². The SMILES string of the molecule is COc1ccc(Nc2ccc(CCNC[C@H](O)c3ccc(O)c(C=O)c3)cc2)cc1-c1ccccc1. The average Bonchev–Trinajstić information content (AvgIpc) is 2.92. The predicted molar refractivity (Wildman–Crippen MR) is 143 cm³/mol. The second-order valence-corrected chi connectivity index (χ2v) is 8.51. The Kier molecular flexibility index (Phi) is 8.34. The number of aldehydes is 1. The molecule has 0 spiro atoms. The Hall–Kier alpha value is -4.13. The number of nitrogens with one attached hydrogen (secondary N) is 2. The van der Waals surface area contributed by atoms with Crippen LogP contribution in [0.5, 0.6) is 11.5 Å². The number of benzene rings is 4. The Bertz CT molecular complexity index is 1290. The van der Waals surface area contributed by atoms with E-state index in [1.165, 1.54) is 17.7 Å². The summed E-state index contributed by atoms with van der Waals surface area (Å²) in [7, 11) is 1.68. The van der Waals surface area contributed by atoms with E-state index in [0.29, 0.717) is 24.9 Å². The second kappa shape index (κ2) is 12.0. The quantitative estimate of drug-likeness (QED) is 0.167. The number of carbonyl (C=O) groups is 1. The number of aliphatic hydroxyl groups is 1. The van der Waals surface area contributed by atoms with Crippen molar-refractivity contribution in [2.75, 3.05) is 25.5 Å². The molecule has 4 rings (SSSR count). The molecule has 0 amide bonds. The zero-order valence-corrected chi connectivity index (χ0v) is 20.1. The van der Waals surface area contributed by atoms with Crippen LogP contribution in [0.1, 0.15) is 27.6 Å². The number of hydrogen-bond acceptors (Lipinski definition) is 6. The highest BCUT2D eigenvalue weighted by atomic mass is 16.5. The third-order valence-corrected chi connectivity index (χ3v) is 6.02. The molecule has 0 heterocycles. The van der Waals surface area contributed by atoms with E-state index in [0.717, 1.165) is 34.7 Å². The van der Waals surface area contributed by atoms with Crippen LogP contribution in [0.25, 0.3) is 11.1 Å². The Morgan fingerprint density at radius 1 is 0.917 bits per heavy atom. The third-order valence-electron chi connectivity index (χ3n) is 6.02. The summed E-state index contributed by atoms with van der Waals surface area (Å²) in [4.78, 5) is 11.0. The van der Waals surface area contributed by atoms with Gasteiger partial charge >= 0.3 is 0 Å². The highest BCUT2D eigenvalue weighted by Gasteiger charge is 2.10. The molecule has 4 aromatic rings. The van der Waals surface area contributed by atoms with Crippen LogP contribution in [0.3, 0.4) is 0 Å². The third kappa shape index (κ3) is 6.30. The van der Waals surface area contributed by atoms with Crippen molar-refractivity contribution < 1.29 is 19.7 Å². The first-order valence-electron chi connectivity index (χ1n) is 11.8. The fraction of sp³-hybridized carbons (Fsp3) is 0.167. The van der Waals surface area contributed by atoms with Crippen molar-refractivity contribution in [3.8, 4) is 22.6 Å². The highest BCUT2D eigenvalue weighted by Crippen LogP contribution is 2.33. The molecular weight excluding hydrogens is 452 g/mol. The Balaban J connectivity index is 1.30. The molecule has 0 aromatic heterocycles. The van der Waals surface area contributed by atoms with Crippen LogP contribution >= 0.6 is 0 Å². The van der Waals surface area contributed by atoms with E-state index < -0.39 is 6.10 Å². The summed E-state index contributed by atoms with van der Waals surface area (Å²) >= 11 is 0. The van der Waals surface area contributed by atoms with E-state index >= 15 is 0 Å². The van der Waals surface area contributed by atoms with E-state index in [4.69, 9.17) is 4.74 Å². The van der Waals surface area contributed by atoms with Crippen molar-refractivity contribution in [1.82, 2.24) is 5.32 Å². The average molecular weight is 483 g/mol. The molecule has 1 atom stereocenters. The Morgan fingerprint density at radius 2 is 1.67 bits per heavy atom. The molecule has 0 aliphatic heterocycles. The van der Waals surface area contributed by atoms with Crippen molar-refractivity contribution in [2.45, 2.75) is 12.5 Å². The van der Waals surface area contributed by atoms with E-state index in [9.17, 15) is 15.0 Å². The molecule has 6 heteroatoms. The zero-order chi connectivity index (χ0) is 25.3. The minimum atomic E-state index is -0.763. The van der Waals surface area contributed by atoms with Gasteiger partial charge in [-0.15, -0.1) is 0 Å². The lowest BCUT2D eigenvalue weighted by molar-refractivity contribution is 0.112. The van der Waals surface area contributed by atoms with Gasteiger partial charge in [-0.1, -0.05) is 48.5 Å². The fourth-order valence-electron chi connectivity index (χ4n) is 4.01. The van der Waals surface area contributed by atoms with Gasteiger partial charge in [-0.2, -0.15) is 0 Å². The van der Waals surface area contributed by atoms with Crippen LogP contribution in [-0.4, -0.2) is 36.7 Å². The monoisotopic (exact) mass is 482 g/mol. The number of aliphatic hydroxyl groups excluding tert-OH is 1. The van der Waals surface area contributed by atoms with Gasteiger partial charge in [0.15, 0.2) is 6.29 Å². The van der Waals surface area contributed by atoms with Gasteiger partial charge in [0.2, 0.25) is 0 Å². The van der Waals surface area contributed by atoms with Gasteiger partial charge in [0.05, 0.1) is 18.8 Å². The van der Waals surface area contributed by atoms with Crippen LogP contribution < -0.4 is 15.4 Å². The fourth-order valence-corrected chi connectivity index (χ4v) is 4.01. The largest absolute Gasteiger partial charge is 0.507 e. The normalized spacial score (nSPS) is 11.6. The number of hydrogen-bond donors (Lipinski definition) is 4. The van der Waals surface area contributed by atoms with E-state index in [1.807, 2.05) is 42.5 Å². The summed E-state index contributed by atoms with van der Waals surface area (Å²) in [5, 5.41) is 26.7. The van der Waals surface area contributed by atoms with Gasteiger partial charge in [0.1, 0.15) is 11.5 Å². The van der Waals surface area contributed by atoms with E-state index in [1.54, 1.807) is 13.2 Å². The van der Waals surface area contributed by atoms with Crippen molar-refractivity contribution in [2.24, 2.45) is 0 Å². The van der Waals surface area contributed by atoms with Crippen LogP contribution in [0.2, 0.25) is 0 Å². The topological polar surface area (TPSA) is 90.8 Å². The number of carbonyl (C=O) groups excluding carboxylic acids is 1. The molecule has 0 unspecified atom stereocenters. The van der Waals surface area contributed by atoms with Crippen LogP contribution in [0.4, 0.5) is 11.4 Å². The van der Waals surface area contributed by atoms with Gasteiger partial charge in [-0.25, -0.2) is 0 Å². The summed E-state index contributed by atoms with van der Waals surface area (Å²) in [6.45, 7) is 1.05. The van der Waals surface area contributed by atoms with Crippen molar-refractivity contribution in [1.29, 1.82) is 0 Å². The predicted octanol–water partition coefficient (Wildman–Crippen LogP) is 5.49. The molecule has 0 aliphatic carbocycles. The number of methoxy groups -OCH3 is 1. The van der Waals surface area contributed by atoms with Gasteiger partial charge in [-0.05, 0) is 72.1 Å². The number of ether oxygens (including phenoxy) is 1. The summed E-state index contributed by atoms with van der Waals surface area (Å²) in [5.41, 5.74) is 6.03. The van der Waals surface area contributed by atoms with Gasteiger partial charge in [0.25, 0.3) is 0 Å². The van der Waals surface area contributed by atoms with Gasteiger partial charge in [-0.3, -0.25) is 4.79 Å². The number of rotatable bonds is 11. The summed E-state index contributed by atoms with van der Waals surface area (Å²) in [6.07, 6.45) is 0.623. The first-order chi connectivity index (χ1) is 17.6. The molecule has 4 N–H and O–H groups in total. The second-order valence-electron chi connectivity index (χ2n) is 8.51. The molecule has 0 saturated heterocycles. The Morgan fingerprint density at radius 3 is 2.39 bits per heavy atom. The van der Waals surface area contributed by atoms with E-state index in [-0.39, 0.29) is 11.3 Å². The van der Waals surface area contributed by atoms with Crippen molar-refractivity contribution >= 4 is 17.7 Å². The first kappa shape index (κ1) is 25.0. The van der Waals surface area contributed by atoms with Crippen LogP contribution in [0.15, 0.2) is 91.0 Å². The minimum Gasteiger partial charge on any atom is -0.507 e. The summed E-state index contributed by atoms with van der Waals surface area (Å²) in [5.74, 6) is 0.741. The highest BCUT2D eigenvalue weighted by molar-refractivity contribution is 5.79. The lowest BCUT2D eigenvalue weighted by atomic mass is 10.0. The smallest absolute Gasteiger partial charge is 0.153 e. The maximum absolute atomic E-state index is 11.0. The number of phenolic OH excluding ortho intramolecular Hbond substituents is 1. The lowest BCUT2D eigenvalue weighted by Gasteiger charge is -2.14. The van der Waals surface area contributed by atoms with Crippen molar-refractivity contribution in [3.05, 3.63) is 108 Å². The first-order valence-corrected chi connectivity index (χ1v) is 11.8. The molecule has 0 aliphatic rings. The molecule has 36 heavy (non-hydrogen) atoms. The maximum atomic E-state index is 11.0. The van der Waals surface area contributed by atoms with Crippen LogP contribution in [0, 0.1) is 0 Å². The lowest BCUT2D eigenvalue weighted by Crippen LogP contribution is -2.23. The van der Waals surface area contributed by atoms with Gasteiger partial charge in [0, 0.05) is 23.5 Å². The molecule has 0 saturated carbocycles. The Labute approximate surface area is 211 Å². The summed E-state index contributed by atoms with van der Waals surface area (Å²) < 4.78 is 5.55. The molecule has 0 radical (unpaired) electrons. The molecule has 6 nitrogen and oxygen atoms in total. The van der Waals surface area contributed by atoms with Crippen molar-refractivity contribution in [3.63, 3.8) is 0 Å².